The predicted octanol–water partition coefficient (Wildman–Crippen LogP) is 3.31. The summed E-state index contributed by atoms with van der Waals surface area (Å²) < 4.78 is 13.5. The van der Waals surface area contributed by atoms with Crippen LogP contribution in [0.5, 0.6) is 0 Å². The highest BCUT2D eigenvalue weighted by Gasteiger charge is 2.37. The first-order chi connectivity index (χ1) is 19.4. The molecule has 1 N–H and O–H groups in total. The van der Waals surface area contributed by atoms with Gasteiger partial charge in [0.05, 0.1) is 13.1 Å². The van der Waals surface area contributed by atoms with Crippen molar-refractivity contribution in [1.29, 1.82) is 0 Å². The molecule has 0 radical (unpaired) electrons. The normalized spacial score (nSPS) is 20.2. The second-order valence-electron chi connectivity index (χ2n) is 10.8. The van der Waals surface area contributed by atoms with Crippen LogP contribution in [-0.2, 0) is 22.7 Å². The number of benzene rings is 2. The Morgan fingerprint density at radius 1 is 0.850 bits per heavy atom. The fourth-order valence-corrected chi connectivity index (χ4v) is 6.11. The summed E-state index contributed by atoms with van der Waals surface area (Å²) in [6.45, 7) is 3.94. The number of hydrazine groups is 1. The summed E-state index contributed by atoms with van der Waals surface area (Å²) in [6, 6.07) is 11.7. The van der Waals surface area contributed by atoms with Gasteiger partial charge in [0, 0.05) is 50.3 Å². The minimum absolute atomic E-state index is 0.0956. The lowest BCUT2D eigenvalue weighted by Gasteiger charge is -2.36. The van der Waals surface area contributed by atoms with Crippen LogP contribution in [0.1, 0.15) is 59.2 Å². The minimum Gasteiger partial charge on any atom is -0.336 e. The first-order valence-electron chi connectivity index (χ1n) is 13.9. The quantitative estimate of drug-likeness (QED) is 0.623. The second kappa shape index (κ2) is 10.8. The van der Waals surface area contributed by atoms with Gasteiger partial charge in [-0.2, -0.15) is 0 Å². The summed E-state index contributed by atoms with van der Waals surface area (Å²) in [5.74, 6) is -0.754. The van der Waals surface area contributed by atoms with Crippen LogP contribution in [0, 0.1) is 5.82 Å². The number of allylic oxidation sites excluding steroid dienone is 1. The highest BCUT2D eigenvalue weighted by molar-refractivity contribution is 6.02. The number of hydrogen-bond donors (Lipinski definition) is 1. The molecular formula is C30H32FN5O4. The Kier molecular flexibility index (Phi) is 7.10. The molecule has 40 heavy (non-hydrogen) atoms. The summed E-state index contributed by atoms with van der Waals surface area (Å²) >= 11 is 0. The van der Waals surface area contributed by atoms with Crippen LogP contribution in [0.4, 0.5) is 9.18 Å². The van der Waals surface area contributed by atoms with Crippen LogP contribution < -0.4 is 5.32 Å². The van der Waals surface area contributed by atoms with Crippen molar-refractivity contribution in [2.75, 3.05) is 32.7 Å². The van der Waals surface area contributed by atoms with E-state index in [2.05, 4.69) is 10.2 Å². The molecule has 0 bridgehead atoms. The lowest BCUT2D eigenvalue weighted by Crippen LogP contribution is -2.56. The summed E-state index contributed by atoms with van der Waals surface area (Å²) in [6.07, 6.45) is 3.78. The minimum atomic E-state index is -0.571. The number of carbonyl (C=O) groups excluding carboxylic acids is 4. The van der Waals surface area contributed by atoms with Crippen molar-refractivity contribution in [3.8, 4) is 0 Å². The average Bonchev–Trinajstić information content (AvgIpc) is 3.28. The molecule has 10 heteroatoms. The third-order valence-corrected chi connectivity index (χ3v) is 8.26. The van der Waals surface area contributed by atoms with E-state index in [9.17, 15) is 23.6 Å². The number of hydrogen-bond acceptors (Lipinski definition) is 5. The number of imide groups is 1. The molecule has 0 spiro atoms. The number of halogens is 1. The standard InChI is InChI=1S/C30H32FN5O4/c31-23-8-6-21(7-9-23)24-3-1-2-4-26(24)28(38)34-15-13-33(14-16-34)18-20-5-10-25-22(17-20)19-36(29(25)39)35-12-11-27(37)32-30(35)40/h5-10,17H,1-4,11-16,18-19H2,(H,32,37,40). The third kappa shape index (κ3) is 5.11. The first kappa shape index (κ1) is 26.2. The molecule has 9 nitrogen and oxygen atoms in total. The molecule has 1 aliphatic carbocycles. The number of carbonyl (C=O) groups is 4. The zero-order valence-corrected chi connectivity index (χ0v) is 22.3. The molecule has 0 saturated carbocycles. The van der Waals surface area contributed by atoms with E-state index < -0.39 is 6.03 Å². The van der Waals surface area contributed by atoms with Crippen molar-refractivity contribution in [2.24, 2.45) is 0 Å². The van der Waals surface area contributed by atoms with Gasteiger partial charge in [0.15, 0.2) is 0 Å². The van der Waals surface area contributed by atoms with Gasteiger partial charge in [0.2, 0.25) is 11.8 Å². The fourth-order valence-electron chi connectivity index (χ4n) is 6.11. The van der Waals surface area contributed by atoms with Crippen LogP contribution >= 0.6 is 0 Å². The molecule has 2 fully saturated rings. The van der Waals surface area contributed by atoms with Gasteiger partial charge >= 0.3 is 6.03 Å². The van der Waals surface area contributed by atoms with Gasteiger partial charge in [-0.25, -0.2) is 19.2 Å². The molecule has 3 heterocycles. The molecule has 4 aliphatic rings. The van der Waals surface area contributed by atoms with Crippen LogP contribution in [0.2, 0.25) is 0 Å². The van der Waals surface area contributed by atoms with Crippen LogP contribution in [-0.4, -0.2) is 76.3 Å². The fraction of sp³-hybridized carbons (Fsp3) is 0.400. The Morgan fingerprint density at radius 2 is 1.60 bits per heavy atom. The van der Waals surface area contributed by atoms with Crippen molar-refractivity contribution in [1.82, 2.24) is 25.1 Å². The zero-order chi connectivity index (χ0) is 27.8. The van der Waals surface area contributed by atoms with E-state index in [1.165, 1.54) is 22.2 Å². The summed E-state index contributed by atoms with van der Waals surface area (Å²) in [4.78, 5) is 54.4. The summed E-state index contributed by atoms with van der Waals surface area (Å²) in [5.41, 5.74) is 5.35. The summed E-state index contributed by atoms with van der Waals surface area (Å²) in [5, 5.41) is 4.98. The molecule has 5 amide bonds. The Morgan fingerprint density at radius 3 is 2.35 bits per heavy atom. The smallest absolute Gasteiger partial charge is 0.336 e. The van der Waals surface area contributed by atoms with E-state index in [1.54, 1.807) is 12.1 Å². The van der Waals surface area contributed by atoms with Gasteiger partial charge in [-0.3, -0.25) is 24.6 Å². The largest absolute Gasteiger partial charge is 0.342 e. The Labute approximate surface area is 232 Å². The lowest BCUT2D eigenvalue weighted by atomic mass is 9.86. The highest BCUT2D eigenvalue weighted by Crippen LogP contribution is 2.34. The number of amides is 5. The Bertz CT molecular complexity index is 1400. The van der Waals surface area contributed by atoms with Crippen LogP contribution in [0.3, 0.4) is 0 Å². The number of nitrogens with one attached hydrogen (secondary N) is 1. The van der Waals surface area contributed by atoms with Crippen molar-refractivity contribution in [3.05, 3.63) is 76.1 Å². The maximum atomic E-state index is 13.5. The zero-order valence-electron chi connectivity index (χ0n) is 22.3. The van der Waals surface area contributed by atoms with Gasteiger partial charge in [-0.1, -0.05) is 24.3 Å². The van der Waals surface area contributed by atoms with Crippen LogP contribution in [0.25, 0.3) is 5.57 Å². The van der Waals surface area contributed by atoms with Crippen molar-refractivity contribution >= 4 is 29.3 Å². The van der Waals surface area contributed by atoms with Gasteiger partial charge in [-0.15, -0.1) is 0 Å². The molecule has 0 atom stereocenters. The van der Waals surface area contributed by atoms with Gasteiger partial charge in [0.25, 0.3) is 5.91 Å². The lowest BCUT2D eigenvalue weighted by molar-refractivity contribution is -0.129. The molecule has 2 saturated heterocycles. The number of urea groups is 1. The molecule has 2 aromatic rings. The van der Waals surface area contributed by atoms with E-state index in [0.717, 1.165) is 66.6 Å². The second-order valence-corrected chi connectivity index (χ2v) is 10.8. The number of fused-ring (bicyclic) bond motifs is 1. The Balaban J connectivity index is 1.08. The molecule has 0 aromatic heterocycles. The predicted molar refractivity (Wildman–Crippen MR) is 145 cm³/mol. The summed E-state index contributed by atoms with van der Waals surface area (Å²) in [7, 11) is 0. The van der Waals surface area contributed by atoms with E-state index in [0.29, 0.717) is 25.2 Å². The third-order valence-electron chi connectivity index (χ3n) is 8.26. The maximum Gasteiger partial charge on any atom is 0.342 e. The number of piperazine rings is 1. The molecule has 2 aromatic carbocycles. The molecule has 6 rings (SSSR count). The molecule has 0 unspecified atom stereocenters. The topological polar surface area (TPSA) is 93.3 Å². The van der Waals surface area contributed by atoms with Gasteiger partial charge in [-0.05, 0) is 66.1 Å². The van der Waals surface area contributed by atoms with E-state index in [-0.39, 0.29) is 43.0 Å². The van der Waals surface area contributed by atoms with E-state index >= 15 is 0 Å². The van der Waals surface area contributed by atoms with Crippen LogP contribution in [0.15, 0.2) is 48.0 Å². The highest BCUT2D eigenvalue weighted by atomic mass is 19.1. The van der Waals surface area contributed by atoms with Crippen molar-refractivity contribution in [3.63, 3.8) is 0 Å². The van der Waals surface area contributed by atoms with Gasteiger partial charge < -0.3 is 4.90 Å². The average molecular weight is 546 g/mol. The van der Waals surface area contributed by atoms with E-state index in [1.807, 2.05) is 23.1 Å². The monoisotopic (exact) mass is 545 g/mol. The van der Waals surface area contributed by atoms with Gasteiger partial charge in [0.1, 0.15) is 5.82 Å². The maximum absolute atomic E-state index is 13.5. The van der Waals surface area contributed by atoms with E-state index in [4.69, 9.17) is 0 Å². The molecule has 3 aliphatic heterocycles. The molecule has 208 valence electrons. The first-order valence-corrected chi connectivity index (χ1v) is 13.9. The number of rotatable bonds is 5. The molecular weight excluding hydrogens is 513 g/mol. The Hall–Kier alpha value is -4.05. The number of nitrogens with zero attached hydrogens (tertiary/aromatic N) is 4. The SMILES string of the molecule is O=C1CCN(N2Cc3cc(CN4CCN(C(=O)C5=C(c6ccc(F)cc6)CCCC5)CC4)ccc3C2=O)C(=O)N1. The van der Waals surface area contributed by atoms with Crippen molar-refractivity contribution < 1.29 is 23.6 Å². The van der Waals surface area contributed by atoms with Crippen molar-refractivity contribution in [2.45, 2.75) is 45.2 Å².